The van der Waals surface area contributed by atoms with Crippen LogP contribution in [0.4, 0.5) is 0 Å². The molecule has 0 saturated carbocycles. The van der Waals surface area contributed by atoms with E-state index >= 15 is 0 Å². The molecule has 0 fully saturated rings. The van der Waals surface area contributed by atoms with E-state index in [-0.39, 0.29) is 0 Å². The highest BCUT2D eigenvalue weighted by atomic mass is 35.5. The van der Waals surface area contributed by atoms with E-state index in [0.29, 0.717) is 12.2 Å². The van der Waals surface area contributed by atoms with Crippen molar-refractivity contribution in [3.8, 4) is 11.8 Å². The fourth-order valence-electron chi connectivity index (χ4n) is 0.806. The quantitative estimate of drug-likeness (QED) is 0.740. The number of ether oxygens (including phenoxy) is 1. The molecule has 13 heavy (non-hydrogen) atoms. The molecular formula is C10H8ClNO. The van der Waals surface area contributed by atoms with Crippen molar-refractivity contribution in [3.05, 3.63) is 41.4 Å². The van der Waals surface area contributed by atoms with Gasteiger partial charge in [0.05, 0.1) is 11.6 Å². The van der Waals surface area contributed by atoms with Crippen molar-refractivity contribution >= 4 is 11.6 Å². The van der Waals surface area contributed by atoms with Crippen molar-refractivity contribution in [1.29, 1.82) is 5.26 Å². The zero-order valence-electron chi connectivity index (χ0n) is 6.90. The van der Waals surface area contributed by atoms with Gasteiger partial charge in [-0.15, -0.1) is 0 Å². The van der Waals surface area contributed by atoms with Gasteiger partial charge in [-0.25, -0.2) is 0 Å². The van der Waals surface area contributed by atoms with E-state index < -0.39 is 0 Å². The van der Waals surface area contributed by atoms with Crippen molar-refractivity contribution in [2.75, 3.05) is 6.61 Å². The van der Waals surface area contributed by atoms with E-state index in [1.165, 1.54) is 5.54 Å². The molecule has 0 unspecified atom stereocenters. The van der Waals surface area contributed by atoms with E-state index in [2.05, 4.69) is 0 Å². The lowest BCUT2D eigenvalue weighted by atomic mass is 10.2. The highest BCUT2D eigenvalue weighted by molar-refractivity contribution is 6.25. The molecule has 0 aliphatic rings. The Morgan fingerprint density at radius 1 is 1.38 bits per heavy atom. The Morgan fingerprint density at radius 3 is 2.62 bits per heavy atom. The zero-order valence-corrected chi connectivity index (χ0v) is 7.66. The normalized spacial score (nSPS) is 9.85. The zero-order chi connectivity index (χ0) is 9.52. The Morgan fingerprint density at radius 2 is 2.08 bits per heavy atom. The number of rotatable bonds is 3. The molecule has 0 amide bonds. The van der Waals surface area contributed by atoms with E-state index in [0.717, 1.165) is 5.75 Å². The third-order valence-electron chi connectivity index (χ3n) is 1.42. The number of nitriles is 1. The minimum Gasteiger partial charge on any atom is -0.490 e. The fraction of sp³-hybridized carbons (Fsp3) is 0.100. The largest absolute Gasteiger partial charge is 0.490 e. The molecule has 0 aromatic heterocycles. The number of nitrogens with zero attached hydrogens (tertiary/aromatic N) is 1. The van der Waals surface area contributed by atoms with Gasteiger partial charge in [-0.1, -0.05) is 11.6 Å². The first-order chi connectivity index (χ1) is 6.36. The van der Waals surface area contributed by atoms with Crippen LogP contribution in [-0.4, -0.2) is 6.61 Å². The molecule has 1 rings (SSSR count). The summed E-state index contributed by atoms with van der Waals surface area (Å²) in [7, 11) is 0. The fourth-order valence-corrected chi connectivity index (χ4v) is 0.879. The van der Waals surface area contributed by atoms with Crippen LogP contribution < -0.4 is 4.74 Å². The predicted molar refractivity (Wildman–Crippen MR) is 51.6 cm³/mol. The average Bonchev–Trinajstić information content (AvgIpc) is 2.19. The Kier molecular flexibility index (Phi) is 3.87. The molecule has 3 heteroatoms. The number of halogens is 1. The average molecular weight is 194 g/mol. The first-order valence-electron chi connectivity index (χ1n) is 3.75. The Labute approximate surface area is 82.0 Å². The summed E-state index contributed by atoms with van der Waals surface area (Å²) in [5.74, 6) is 0.730. The molecule has 66 valence electrons. The van der Waals surface area contributed by atoms with E-state index in [4.69, 9.17) is 21.6 Å². The van der Waals surface area contributed by atoms with Gasteiger partial charge in [0.1, 0.15) is 12.4 Å². The van der Waals surface area contributed by atoms with Crippen molar-refractivity contribution in [2.24, 2.45) is 0 Å². The van der Waals surface area contributed by atoms with Crippen LogP contribution in [0.2, 0.25) is 0 Å². The molecular weight excluding hydrogens is 186 g/mol. The van der Waals surface area contributed by atoms with Crippen molar-refractivity contribution < 1.29 is 4.74 Å². The Balaban J connectivity index is 2.55. The van der Waals surface area contributed by atoms with Gasteiger partial charge in [-0.3, -0.25) is 0 Å². The van der Waals surface area contributed by atoms with Gasteiger partial charge < -0.3 is 4.74 Å². The smallest absolute Gasteiger partial charge is 0.119 e. The second kappa shape index (κ2) is 5.23. The summed E-state index contributed by atoms with van der Waals surface area (Å²) in [6.45, 7) is 0.440. The first kappa shape index (κ1) is 9.63. The van der Waals surface area contributed by atoms with Crippen LogP contribution in [0.1, 0.15) is 5.56 Å². The third-order valence-corrected chi connectivity index (χ3v) is 1.60. The van der Waals surface area contributed by atoms with Crippen LogP contribution in [0.5, 0.6) is 5.75 Å². The van der Waals surface area contributed by atoms with Crippen LogP contribution in [-0.2, 0) is 0 Å². The molecule has 2 nitrogen and oxygen atoms in total. The molecule has 0 bridgehead atoms. The summed E-state index contributed by atoms with van der Waals surface area (Å²) in [6, 6.07) is 8.95. The molecule has 0 N–H and O–H groups in total. The summed E-state index contributed by atoms with van der Waals surface area (Å²) < 4.78 is 5.27. The van der Waals surface area contributed by atoms with Gasteiger partial charge in [0.2, 0.25) is 0 Å². The van der Waals surface area contributed by atoms with Gasteiger partial charge in [0, 0.05) is 5.54 Å². The summed E-state index contributed by atoms with van der Waals surface area (Å²) in [5.41, 5.74) is 2.03. The highest BCUT2D eigenvalue weighted by Crippen LogP contribution is 2.11. The Bertz CT molecular complexity index is 324. The van der Waals surface area contributed by atoms with Crippen LogP contribution >= 0.6 is 11.6 Å². The minimum atomic E-state index is 0.440. The second-order valence-electron chi connectivity index (χ2n) is 2.31. The molecule has 0 aliphatic carbocycles. The lowest BCUT2D eigenvalue weighted by molar-refractivity contribution is 0.363. The maximum Gasteiger partial charge on any atom is 0.119 e. The molecule has 0 heterocycles. The van der Waals surface area contributed by atoms with Crippen LogP contribution in [0, 0.1) is 11.3 Å². The number of hydrogen-bond donors (Lipinski definition) is 0. The van der Waals surface area contributed by atoms with Gasteiger partial charge in [-0.05, 0) is 30.3 Å². The third kappa shape index (κ3) is 3.18. The molecule has 1 aromatic carbocycles. The highest BCUT2D eigenvalue weighted by Gasteiger charge is 1.91. The van der Waals surface area contributed by atoms with E-state index in [9.17, 15) is 0 Å². The van der Waals surface area contributed by atoms with E-state index in [1.54, 1.807) is 30.3 Å². The standard InChI is InChI=1S/C10H8ClNO/c11-6-1-7-13-10-4-2-9(8-12)3-5-10/h1-6H,7H2/b6-1+. The SMILES string of the molecule is N#Cc1ccc(OC/C=C/Cl)cc1. The van der Waals surface area contributed by atoms with Crippen LogP contribution in [0.25, 0.3) is 0 Å². The Hall–Kier alpha value is -1.46. The molecule has 1 aromatic rings. The minimum absolute atomic E-state index is 0.440. The number of hydrogen-bond acceptors (Lipinski definition) is 2. The molecule has 0 aliphatic heterocycles. The monoisotopic (exact) mass is 193 g/mol. The maximum atomic E-state index is 8.52. The second-order valence-corrected chi connectivity index (χ2v) is 2.56. The van der Waals surface area contributed by atoms with Crippen molar-refractivity contribution in [2.45, 2.75) is 0 Å². The molecule has 0 atom stereocenters. The van der Waals surface area contributed by atoms with Gasteiger partial charge >= 0.3 is 0 Å². The molecule has 0 radical (unpaired) electrons. The molecule has 0 saturated heterocycles. The van der Waals surface area contributed by atoms with E-state index in [1.807, 2.05) is 6.07 Å². The van der Waals surface area contributed by atoms with Crippen molar-refractivity contribution in [1.82, 2.24) is 0 Å². The maximum absolute atomic E-state index is 8.52. The summed E-state index contributed by atoms with van der Waals surface area (Å²) in [6.07, 6.45) is 1.69. The van der Waals surface area contributed by atoms with Gasteiger partial charge in [0.15, 0.2) is 0 Å². The lowest BCUT2D eigenvalue weighted by Gasteiger charge is -2.01. The van der Waals surface area contributed by atoms with Crippen LogP contribution in [0.3, 0.4) is 0 Å². The summed E-state index contributed by atoms with van der Waals surface area (Å²) in [4.78, 5) is 0. The van der Waals surface area contributed by atoms with Crippen molar-refractivity contribution in [3.63, 3.8) is 0 Å². The lowest BCUT2D eigenvalue weighted by Crippen LogP contribution is -1.92. The predicted octanol–water partition coefficient (Wildman–Crippen LogP) is 2.69. The number of benzene rings is 1. The summed E-state index contributed by atoms with van der Waals surface area (Å²) in [5, 5.41) is 8.52. The molecule has 0 spiro atoms. The summed E-state index contributed by atoms with van der Waals surface area (Å²) >= 11 is 5.31. The first-order valence-corrected chi connectivity index (χ1v) is 4.18. The topological polar surface area (TPSA) is 33.0 Å². The van der Waals surface area contributed by atoms with Crippen LogP contribution in [0.15, 0.2) is 35.9 Å². The van der Waals surface area contributed by atoms with Gasteiger partial charge in [0.25, 0.3) is 0 Å². The van der Waals surface area contributed by atoms with Gasteiger partial charge in [-0.2, -0.15) is 5.26 Å².